The average Bonchev–Trinajstić information content (AvgIpc) is 2.36. The van der Waals surface area contributed by atoms with Gasteiger partial charge in [0.05, 0.1) is 12.3 Å². The maximum absolute atomic E-state index is 9.14. The second-order valence-corrected chi connectivity index (χ2v) is 4.01. The summed E-state index contributed by atoms with van der Waals surface area (Å²) in [6.45, 7) is 3.75. The Morgan fingerprint density at radius 2 is 1.94 bits per heavy atom. The molecule has 3 heteroatoms. The van der Waals surface area contributed by atoms with Crippen molar-refractivity contribution in [2.45, 2.75) is 0 Å². The van der Waals surface area contributed by atoms with Gasteiger partial charge >= 0.3 is 0 Å². The van der Waals surface area contributed by atoms with Crippen molar-refractivity contribution < 1.29 is 5.11 Å². The Kier molecular flexibility index (Phi) is 3.02. The van der Waals surface area contributed by atoms with Gasteiger partial charge in [-0.3, -0.25) is 0 Å². The van der Waals surface area contributed by atoms with Crippen LogP contribution in [-0.2, 0) is 0 Å². The largest absolute Gasteiger partial charge is 0.398 e. The summed E-state index contributed by atoms with van der Waals surface area (Å²) in [7, 11) is 1.87. The molecular formula is C14H16N2O. The molecule has 0 aliphatic carbocycles. The van der Waals surface area contributed by atoms with Crippen LogP contribution in [0.25, 0.3) is 10.8 Å². The molecule has 0 fully saturated rings. The average molecular weight is 228 g/mol. The highest BCUT2D eigenvalue weighted by Gasteiger charge is 2.10. The van der Waals surface area contributed by atoms with Gasteiger partial charge in [-0.1, -0.05) is 30.8 Å². The lowest BCUT2D eigenvalue weighted by molar-refractivity contribution is 0.329. The number of fused-ring (bicyclic) bond motifs is 1. The van der Waals surface area contributed by atoms with Gasteiger partial charge in [-0.2, -0.15) is 0 Å². The predicted molar refractivity (Wildman–Crippen MR) is 73.0 cm³/mol. The molecule has 0 unspecified atom stereocenters. The van der Waals surface area contributed by atoms with Crippen LogP contribution in [-0.4, -0.2) is 18.8 Å². The number of hydrogen-bond acceptors (Lipinski definition) is 3. The van der Waals surface area contributed by atoms with Crippen molar-refractivity contribution >= 4 is 22.1 Å². The van der Waals surface area contributed by atoms with Crippen molar-refractivity contribution in [1.29, 1.82) is 0 Å². The van der Waals surface area contributed by atoms with Gasteiger partial charge in [0.15, 0.2) is 0 Å². The minimum absolute atomic E-state index is 0.0698. The predicted octanol–water partition coefficient (Wildman–Crippen LogP) is 2.36. The van der Waals surface area contributed by atoms with E-state index < -0.39 is 0 Å². The smallest absolute Gasteiger partial charge is 0.0826 e. The Morgan fingerprint density at radius 1 is 1.29 bits per heavy atom. The van der Waals surface area contributed by atoms with Crippen LogP contribution in [0, 0.1) is 0 Å². The number of likely N-dealkylation sites (N-methyl/N-ethyl adjacent to an activating group) is 1. The molecule has 0 aliphatic rings. The number of benzene rings is 2. The van der Waals surface area contributed by atoms with Gasteiger partial charge < -0.3 is 15.7 Å². The standard InChI is InChI=1S/C14H16N2O/c1-10(9-17)16(2)13-8-4-6-11-5-3-7-12(15)14(11)13/h3-8,17H,1,9,15H2,2H3. The van der Waals surface area contributed by atoms with E-state index in [2.05, 4.69) is 6.58 Å². The lowest BCUT2D eigenvalue weighted by Crippen LogP contribution is -2.18. The number of anilines is 2. The van der Waals surface area contributed by atoms with Crippen molar-refractivity contribution in [3.05, 3.63) is 48.7 Å². The molecule has 0 aliphatic heterocycles. The zero-order valence-corrected chi connectivity index (χ0v) is 9.85. The Bertz CT molecular complexity index is 558. The molecule has 3 nitrogen and oxygen atoms in total. The molecule has 0 radical (unpaired) electrons. The van der Waals surface area contributed by atoms with Crippen molar-refractivity contribution in [2.24, 2.45) is 0 Å². The molecule has 3 N–H and O–H groups in total. The summed E-state index contributed by atoms with van der Waals surface area (Å²) in [5.74, 6) is 0. The summed E-state index contributed by atoms with van der Waals surface area (Å²) in [5.41, 5.74) is 8.35. The van der Waals surface area contributed by atoms with E-state index in [4.69, 9.17) is 10.8 Å². The van der Waals surface area contributed by atoms with E-state index >= 15 is 0 Å². The lowest BCUT2D eigenvalue weighted by Gasteiger charge is -2.22. The summed E-state index contributed by atoms with van der Waals surface area (Å²) in [5, 5.41) is 11.2. The quantitative estimate of drug-likeness (QED) is 0.793. The SMILES string of the molecule is C=C(CO)N(C)c1cccc2cccc(N)c12. The van der Waals surface area contributed by atoms with Gasteiger partial charge in [-0.05, 0) is 17.5 Å². The van der Waals surface area contributed by atoms with Crippen LogP contribution >= 0.6 is 0 Å². The Hall–Kier alpha value is -2.00. The van der Waals surface area contributed by atoms with E-state index in [1.807, 2.05) is 48.3 Å². The molecule has 0 saturated heterocycles. The normalized spacial score (nSPS) is 10.5. The molecule has 0 bridgehead atoms. The fraction of sp³-hybridized carbons (Fsp3) is 0.143. The molecule has 17 heavy (non-hydrogen) atoms. The summed E-state index contributed by atoms with van der Waals surface area (Å²) in [6, 6.07) is 11.8. The Morgan fingerprint density at radius 3 is 2.59 bits per heavy atom. The topological polar surface area (TPSA) is 49.5 Å². The van der Waals surface area contributed by atoms with E-state index in [1.54, 1.807) is 0 Å². The number of nitrogens with zero attached hydrogens (tertiary/aromatic N) is 1. The first-order chi connectivity index (χ1) is 8.15. The fourth-order valence-corrected chi connectivity index (χ4v) is 1.91. The fourth-order valence-electron chi connectivity index (χ4n) is 1.91. The summed E-state index contributed by atoms with van der Waals surface area (Å²) in [4.78, 5) is 1.86. The molecule has 0 saturated carbocycles. The second-order valence-electron chi connectivity index (χ2n) is 4.01. The van der Waals surface area contributed by atoms with Crippen LogP contribution in [0.3, 0.4) is 0 Å². The Balaban J connectivity index is 2.65. The van der Waals surface area contributed by atoms with Gasteiger partial charge in [-0.25, -0.2) is 0 Å². The molecule has 0 spiro atoms. The monoisotopic (exact) mass is 228 g/mol. The van der Waals surface area contributed by atoms with E-state index in [9.17, 15) is 0 Å². The third-order valence-corrected chi connectivity index (χ3v) is 2.93. The number of aliphatic hydroxyl groups is 1. The summed E-state index contributed by atoms with van der Waals surface area (Å²) >= 11 is 0. The van der Waals surface area contributed by atoms with Crippen LogP contribution in [0.1, 0.15) is 0 Å². The van der Waals surface area contributed by atoms with E-state index in [0.29, 0.717) is 5.70 Å². The van der Waals surface area contributed by atoms with Crippen molar-refractivity contribution in [3.8, 4) is 0 Å². The van der Waals surface area contributed by atoms with Crippen LogP contribution < -0.4 is 10.6 Å². The lowest BCUT2D eigenvalue weighted by atomic mass is 10.1. The highest BCUT2D eigenvalue weighted by atomic mass is 16.3. The van der Waals surface area contributed by atoms with Gasteiger partial charge in [0.25, 0.3) is 0 Å². The van der Waals surface area contributed by atoms with Gasteiger partial charge in [0.2, 0.25) is 0 Å². The molecule has 2 rings (SSSR count). The first-order valence-electron chi connectivity index (χ1n) is 5.44. The number of nitrogens with two attached hydrogens (primary N) is 1. The molecular weight excluding hydrogens is 212 g/mol. The van der Waals surface area contributed by atoms with Crippen LogP contribution in [0.15, 0.2) is 48.7 Å². The first kappa shape index (κ1) is 11.5. The maximum Gasteiger partial charge on any atom is 0.0826 e. The molecule has 88 valence electrons. The molecule has 2 aromatic carbocycles. The van der Waals surface area contributed by atoms with Gasteiger partial charge in [-0.15, -0.1) is 0 Å². The zero-order chi connectivity index (χ0) is 12.4. The molecule has 2 aromatic rings. The van der Waals surface area contributed by atoms with Crippen molar-refractivity contribution in [3.63, 3.8) is 0 Å². The van der Waals surface area contributed by atoms with E-state index in [-0.39, 0.29) is 6.61 Å². The molecule has 0 aromatic heterocycles. The van der Waals surface area contributed by atoms with E-state index in [0.717, 1.165) is 22.1 Å². The van der Waals surface area contributed by atoms with Crippen LogP contribution in [0.5, 0.6) is 0 Å². The third-order valence-electron chi connectivity index (χ3n) is 2.93. The zero-order valence-electron chi connectivity index (χ0n) is 9.85. The number of hydrogen-bond donors (Lipinski definition) is 2. The summed E-state index contributed by atoms with van der Waals surface area (Å²) in [6.07, 6.45) is 0. The number of rotatable bonds is 3. The first-order valence-corrected chi connectivity index (χ1v) is 5.44. The summed E-state index contributed by atoms with van der Waals surface area (Å²) < 4.78 is 0. The second kappa shape index (κ2) is 4.47. The molecule has 0 atom stereocenters. The number of aliphatic hydroxyl groups excluding tert-OH is 1. The van der Waals surface area contributed by atoms with Crippen molar-refractivity contribution in [2.75, 3.05) is 24.3 Å². The van der Waals surface area contributed by atoms with Gasteiger partial charge in [0.1, 0.15) is 0 Å². The van der Waals surface area contributed by atoms with Crippen molar-refractivity contribution in [1.82, 2.24) is 0 Å². The minimum atomic E-state index is -0.0698. The van der Waals surface area contributed by atoms with Gasteiger partial charge in [0, 0.05) is 23.8 Å². The maximum atomic E-state index is 9.14. The third kappa shape index (κ3) is 1.97. The molecule has 0 amide bonds. The van der Waals surface area contributed by atoms with Crippen LogP contribution in [0.2, 0.25) is 0 Å². The molecule has 0 heterocycles. The highest BCUT2D eigenvalue weighted by Crippen LogP contribution is 2.32. The highest BCUT2D eigenvalue weighted by molar-refractivity contribution is 6.03. The number of nitrogen functional groups attached to an aromatic ring is 1. The van der Waals surface area contributed by atoms with Crippen LogP contribution in [0.4, 0.5) is 11.4 Å². The minimum Gasteiger partial charge on any atom is -0.398 e. The Labute approximate surface area is 101 Å². The van der Waals surface area contributed by atoms with E-state index in [1.165, 1.54) is 0 Å².